The number of hydrogen-bond acceptors (Lipinski definition) is 7. The smallest absolute Gasteiger partial charge is 0.244 e. The minimum Gasteiger partial charge on any atom is -0.493 e. The van der Waals surface area contributed by atoms with Crippen LogP contribution in [-0.4, -0.2) is 38.1 Å². The minimum atomic E-state index is -0.531. The number of methoxy groups -OCH3 is 3. The number of benzene rings is 2. The Hall–Kier alpha value is -3.92. The average molecular weight is 486 g/mol. The van der Waals surface area contributed by atoms with Crippen LogP contribution in [0, 0.1) is 5.82 Å². The highest BCUT2D eigenvalue weighted by atomic mass is 32.1. The van der Waals surface area contributed by atoms with Crippen LogP contribution in [0.15, 0.2) is 47.9 Å². The van der Waals surface area contributed by atoms with Crippen LogP contribution < -0.4 is 24.4 Å². The third-order valence-electron chi connectivity index (χ3n) is 4.71. The number of carbonyl (C=O) groups is 2. The third kappa shape index (κ3) is 5.70. The molecule has 0 radical (unpaired) electrons. The van der Waals surface area contributed by atoms with Gasteiger partial charge in [0, 0.05) is 24.9 Å². The largest absolute Gasteiger partial charge is 0.493 e. The monoisotopic (exact) mass is 485 g/mol. The zero-order chi connectivity index (χ0) is 24.7. The van der Waals surface area contributed by atoms with Gasteiger partial charge in [0.2, 0.25) is 17.6 Å². The number of nitrogens with one attached hydrogen (secondary N) is 1. The van der Waals surface area contributed by atoms with Crippen LogP contribution in [0.5, 0.6) is 17.2 Å². The molecule has 2 amide bonds. The topological polar surface area (TPSA) is 90.0 Å². The summed E-state index contributed by atoms with van der Waals surface area (Å²) in [5.74, 6) is 0.187. The van der Waals surface area contributed by atoms with Crippen LogP contribution >= 0.6 is 11.3 Å². The number of aromatic nitrogens is 1. The van der Waals surface area contributed by atoms with Gasteiger partial charge in [-0.2, -0.15) is 0 Å². The predicted octanol–water partition coefficient (Wildman–Crippen LogP) is 4.32. The second-order valence-electron chi connectivity index (χ2n) is 6.95. The third-order valence-corrected chi connectivity index (χ3v) is 5.55. The lowest BCUT2D eigenvalue weighted by Crippen LogP contribution is -2.23. The van der Waals surface area contributed by atoms with Crippen LogP contribution in [0.3, 0.4) is 0 Å². The van der Waals surface area contributed by atoms with Crippen molar-refractivity contribution in [1.82, 2.24) is 10.3 Å². The second kappa shape index (κ2) is 11.3. The zero-order valence-electron chi connectivity index (χ0n) is 19.1. The number of thiazole rings is 1. The van der Waals surface area contributed by atoms with Crippen molar-refractivity contribution in [2.24, 2.45) is 0 Å². The number of carbonyl (C=O) groups excluding carboxylic acids is 2. The Morgan fingerprint density at radius 2 is 1.79 bits per heavy atom. The van der Waals surface area contributed by atoms with Crippen LogP contribution in [0.25, 0.3) is 6.08 Å². The van der Waals surface area contributed by atoms with Gasteiger partial charge >= 0.3 is 0 Å². The molecule has 1 aromatic heterocycles. The number of halogens is 1. The molecule has 2 aromatic carbocycles. The normalized spacial score (nSPS) is 10.7. The molecule has 0 bridgehead atoms. The summed E-state index contributed by atoms with van der Waals surface area (Å²) in [6.45, 7) is 1.56. The van der Waals surface area contributed by atoms with E-state index in [1.165, 1.54) is 68.8 Å². The molecule has 34 heavy (non-hydrogen) atoms. The highest BCUT2D eigenvalue weighted by Gasteiger charge is 2.20. The number of hydrogen-bond donors (Lipinski definition) is 1. The van der Waals surface area contributed by atoms with Gasteiger partial charge in [0.05, 0.1) is 32.7 Å². The molecule has 0 saturated carbocycles. The molecule has 3 aromatic rings. The van der Waals surface area contributed by atoms with Crippen LogP contribution in [0.1, 0.15) is 18.2 Å². The van der Waals surface area contributed by atoms with Gasteiger partial charge in [-0.05, 0) is 35.9 Å². The number of ether oxygens (including phenoxy) is 3. The predicted molar refractivity (Wildman–Crippen MR) is 128 cm³/mol. The summed E-state index contributed by atoms with van der Waals surface area (Å²) in [5, 5.41) is 4.75. The molecule has 0 unspecified atom stereocenters. The molecule has 0 saturated heterocycles. The molecule has 8 nitrogen and oxygen atoms in total. The Morgan fingerprint density at radius 3 is 2.38 bits per heavy atom. The molecule has 0 fully saturated rings. The number of amides is 2. The molecule has 178 valence electrons. The molecule has 0 spiro atoms. The molecule has 3 rings (SSSR count). The van der Waals surface area contributed by atoms with E-state index in [4.69, 9.17) is 14.2 Å². The van der Waals surface area contributed by atoms with Gasteiger partial charge in [0.15, 0.2) is 16.6 Å². The quantitative estimate of drug-likeness (QED) is 0.454. The first-order valence-corrected chi connectivity index (χ1v) is 11.0. The summed E-state index contributed by atoms with van der Waals surface area (Å²) in [6.07, 6.45) is 2.85. The maximum atomic E-state index is 14.2. The Labute approximate surface area is 200 Å². The molecule has 0 aliphatic carbocycles. The maximum Gasteiger partial charge on any atom is 0.244 e. The first-order valence-electron chi connectivity index (χ1n) is 10.1. The zero-order valence-corrected chi connectivity index (χ0v) is 19.9. The first kappa shape index (κ1) is 24.7. The number of nitrogens with zero attached hydrogens (tertiary/aromatic N) is 2. The Bertz CT molecular complexity index is 1190. The average Bonchev–Trinajstić information content (AvgIpc) is 3.30. The van der Waals surface area contributed by atoms with Gasteiger partial charge in [0.25, 0.3) is 0 Å². The maximum absolute atomic E-state index is 14.2. The Balaban J connectivity index is 1.68. The van der Waals surface area contributed by atoms with Crippen molar-refractivity contribution in [3.05, 3.63) is 64.9 Å². The Morgan fingerprint density at radius 1 is 1.12 bits per heavy atom. The van der Waals surface area contributed by atoms with E-state index in [2.05, 4.69) is 10.3 Å². The molecular weight excluding hydrogens is 461 g/mol. The first-order chi connectivity index (χ1) is 16.4. The lowest BCUT2D eigenvalue weighted by atomic mass is 10.1. The summed E-state index contributed by atoms with van der Waals surface area (Å²) >= 11 is 1.17. The lowest BCUT2D eigenvalue weighted by Gasteiger charge is -2.18. The molecule has 0 aliphatic heterocycles. The summed E-state index contributed by atoms with van der Waals surface area (Å²) in [6, 6.07) is 9.46. The molecular formula is C24H24FN3O5S. The van der Waals surface area contributed by atoms with E-state index in [-0.39, 0.29) is 24.0 Å². The van der Waals surface area contributed by atoms with Gasteiger partial charge in [0.1, 0.15) is 5.82 Å². The fourth-order valence-corrected chi connectivity index (χ4v) is 3.99. The van der Waals surface area contributed by atoms with E-state index in [9.17, 15) is 14.0 Å². The molecule has 1 N–H and O–H groups in total. The van der Waals surface area contributed by atoms with Gasteiger partial charge in [-0.25, -0.2) is 9.37 Å². The second-order valence-corrected chi connectivity index (χ2v) is 7.78. The van der Waals surface area contributed by atoms with Crippen molar-refractivity contribution >= 4 is 40.0 Å². The van der Waals surface area contributed by atoms with E-state index in [1.54, 1.807) is 29.6 Å². The van der Waals surface area contributed by atoms with Gasteiger partial charge in [-0.1, -0.05) is 12.1 Å². The van der Waals surface area contributed by atoms with E-state index in [0.717, 1.165) is 5.56 Å². The Kier molecular flexibility index (Phi) is 8.20. The number of para-hydroxylation sites is 1. The number of rotatable bonds is 9. The molecule has 1 heterocycles. The SMILES string of the molecule is COc1cc(CNC(=O)/C=C/c2csc(N(C(C)=O)c3ccccc3F)n2)cc(OC)c1OC. The molecule has 0 aliphatic rings. The lowest BCUT2D eigenvalue weighted by molar-refractivity contribution is -0.117. The van der Waals surface area contributed by atoms with Crippen LogP contribution in [0.2, 0.25) is 0 Å². The fraction of sp³-hybridized carbons (Fsp3) is 0.208. The van der Waals surface area contributed by atoms with Crippen molar-refractivity contribution in [3.8, 4) is 17.2 Å². The molecule has 10 heteroatoms. The minimum absolute atomic E-state index is 0.114. The van der Waals surface area contributed by atoms with Crippen LogP contribution in [0.4, 0.5) is 15.2 Å². The van der Waals surface area contributed by atoms with E-state index in [0.29, 0.717) is 28.1 Å². The summed E-state index contributed by atoms with van der Waals surface area (Å²) in [4.78, 5) is 30.0. The van der Waals surface area contributed by atoms with Gasteiger partial charge in [-0.15, -0.1) is 11.3 Å². The van der Waals surface area contributed by atoms with Crippen molar-refractivity contribution < 1.29 is 28.2 Å². The van der Waals surface area contributed by atoms with E-state index >= 15 is 0 Å². The van der Waals surface area contributed by atoms with Crippen molar-refractivity contribution in [1.29, 1.82) is 0 Å². The summed E-state index contributed by atoms with van der Waals surface area (Å²) < 4.78 is 30.1. The van der Waals surface area contributed by atoms with Crippen molar-refractivity contribution in [2.75, 3.05) is 26.2 Å². The van der Waals surface area contributed by atoms with Crippen molar-refractivity contribution in [2.45, 2.75) is 13.5 Å². The highest BCUT2D eigenvalue weighted by Crippen LogP contribution is 2.38. The molecule has 0 atom stereocenters. The van der Waals surface area contributed by atoms with E-state index < -0.39 is 5.82 Å². The van der Waals surface area contributed by atoms with E-state index in [1.807, 2.05) is 0 Å². The summed E-state index contributed by atoms with van der Waals surface area (Å²) in [7, 11) is 4.55. The standard InChI is InChI=1S/C24H24FN3O5S/c1-15(29)28(19-8-6-5-7-18(19)25)24-27-17(14-34-24)9-10-22(30)26-13-16-11-20(31-2)23(33-4)21(12-16)32-3/h5-12,14H,13H2,1-4H3,(H,26,30)/b10-9+. The van der Waals surface area contributed by atoms with Crippen LogP contribution in [-0.2, 0) is 16.1 Å². The van der Waals surface area contributed by atoms with Crippen molar-refractivity contribution in [3.63, 3.8) is 0 Å². The summed E-state index contributed by atoms with van der Waals surface area (Å²) in [5.41, 5.74) is 1.34. The van der Waals surface area contributed by atoms with Gasteiger partial charge < -0.3 is 19.5 Å². The highest BCUT2D eigenvalue weighted by molar-refractivity contribution is 7.14. The van der Waals surface area contributed by atoms with Gasteiger partial charge in [-0.3, -0.25) is 14.5 Å². The number of anilines is 2. The fourth-order valence-electron chi connectivity index (χ4n) is 3.14.